The number of nitrogens with two attached hydrogens (primary N) is 1. The fourth-order valence-corrected chi connectivity index (χ4v) is 6.51. The van der Waals surface area contributed by atoms with Gasteiger partial charge in [-0.3, -0.25) is 4.79 Å². The van der Waals surface area contributed by atoms with Crippen LogP contribution in [0.15, 0.2) is 54.7 Å². The van der Waals surface area contributed by atoms with Gasteiger partial charge in [-0.2, -0.15) is 0 Å². The molecule has 1 aromatic heterocycles. The summed E-state index contributed by atoms with van der Waals surface area (Å²) in [7, 11) is 0. The summed E-state index contributed by atoms with van der Waals surface area (Å²) in [5, 5.41) is 1.19. The average Bonchev–Trinajstić information content (AvgIpc) is 3.23. The predicted octanol–water partition coefficient (Wildman–Crippen LogP) is 7.78. The van der Waals surface area contributed by atoms with Crippen LogP contribution >= 0.6 is 12.4 Å². The fourth-order valence-electron chi connectivity index (χ4n) is 6.51. The molecule has 2 N–H and O–H groups in total. The number of fused-ring (bicyclic) bond motifs is 1. The number of hydrogen-bond acceptors (Lipinski definition) is 2. The lowest BCUT2D eigenvalue weighted by molar-refractivity contribution is -0.120. The van der Waals surface area contributed by atoms with E-state index in [9.17, 15) is 9.18 Å². The highest BCUT2D eigenvalue weighted by atomic mass is 35.5. The molecule has 0 bridgehead atoms. The van der Waals surface area contributed by atoms with Crippen molar-refractivity contribution in [2.75, 3.05) is 0 Å². The maximum atomic E-state index is 14.3. The van der Waals surface area contributed by atoms with Crippen molar-refractivity contribution in [3.05, 3.63) is 71.7 Å². The van der Waals surface area contributed by atoms with E-state index in [1.54, 1.807) is 12.1 Å². The van der Waals surface area contributed by atoms with Gasteiger partial charge in [0.15, 0.2) is 0 Å². The van der Waals surface area contributed by atoms with Crippen LogP contribution in [0.1, 0.15) is 87.7 Å². The van der Waals surface area contributed by atoms with E-state index in [0.717, 1.165) is 43.4 Å². The largest absolute Gasteiger partial charge is 0.347 e. The molecule has 0 aliphatic heterocycles. The van der Waals surface area contributed by atoms with Crippen molar-refractivity contribution >= 4 is 29.1 Å². The minimum Gasteiger partial charge on any atom is -0.347 e. The molecule has 0 spiro atoms. The lowest BCUT2D eigenvalue weighted by Crippen LogP contribution is -2.27. The third-order valence-corrected chi connectivity index (χ3v) is 8.47. The summed E-state index contributed by atoms with van der Waals surface area (Å²) in [6.07, 6.45) is 14.0. The molecule has 194 valence electrons. The van der Waals surface area contributed by atoms with Gasteiger partial charge in [-0.25, -0.2) is 4.39 Å². The molecule has 0 radical (unpaired) electrons. The second-order valence-electron chi connectivity index (χ2n) is 11.1. The van der Waals surface area contributed by atoms with Gasteiger partial charge in [0, 0.05) is 48.4 Å². The molecule has 1 unspecified atom stereocenters. The lowest BCUT2D eigenvalue weighted by Gasteiger charge is -2.26. The molecule has 2 aromatic carbocycles. The maximum absolute atomic E-state index is 14.3. The van der Waals surface area contributed by atoms with Crippen LogP contribution in [-0.4, -0.2) is 16.4 Å². The number of Topliss-reactive ketones (excluding diaryl/α,β-unsaturated/α-hetero) is 1. The second-order valence-corrected chi connectivity index (χ2v) is 11.1. The first-order valence-corrected chi connectivity index (χ1v) is 13.7. The summed E-state index contributed by atoms with van der Waals surface area (Å²) in [5.74, 6) is 1.04. The van der Waals surface area contributed by atoms with Crippen molar-refractivity contribution < 1.29 is 9.18 Å². The first-order chi connectivity index (χ1) is 17.1. The molecule has 0 saturated heterocycles. The number of aromatic nitrogens is 1. The summed E-state index contributed by atoms with van der Waals surface area (Å²) in [5.41, 5.74) is 9.35. The molecule has 2 saturated carbocycles. The van der Waals surface area contributed by atoms with Crippen LogP contribution in [0.3, 0.4) is 0 Å². The second kappa shape index (κ2) is 12.4. The highest BCUT2D eigenvalue weighted by molar-refractivity contribution is 5.87. The molecule has 2 fully saturated rings. The van der Waals surface area contributed by atoms with E-state index >= 15 is 0 Å². The smallest absolute Gasteiger partial charge is 0.134 e. The molecule has 3 aromatic rings. The summed E-state index contributed by atoms with van der Waals surface area (Å²) in [6.45, 7) is 1.02. The summed E-state index contributed by atoms with van der Waals surface area (Å²) < 4.78 is 16.7. The quantitative estimate of drug-likeness (QED) is 0.336. The van der Waals surface area contributed by atoms with E-state index in [0.29, 0.717) is 24.7 Å². The van der Waals surface area contributed by atoms with Gasteiger partial charge >= 0.3 is 0 Å². The zero-order chi connectivity index (χ0) is 24.2. The molecular formula is C31H40ClFN2O. The molecule has 0 amide bonds. The monoisotopic (exact) mass is 510 g/mol. The summed E-state index contributed by atoms with van der Waals surface area (Å²) in [6, 6.07) is 15.7. The standard InChI is InChI=1S/C31H39FN2O.ClH/c32-25-10-6-9-24(18-25)29(19-27(35)17-22-13-15-26(33)16-14-22)30-21-34(20-23-7-2-1-3-8-23)31-12-5-4-11-28(30)31;/h4-6,9-12,18,21-23,26,29H,1-3,7-8,13-17,19-20,33H2;1H. The van der Waals surface area contributed by atoms with Crippen molar-refractivity contribution in [2.24, 2.45) is 17.6 Å². The third kappa shape index (κ3) is 6.39. The minimum absolute atomic E-state index is 0. The molecule has 3 nitrogen and oxygen atoms in total. The van der Waals surface area contributed by atoms with Crippen LogP contribution in [0.4, 0.5) is 4.39 Å². The lowest BCUT2D eigenvalue weighted by atomic mass is 9.80. The Kier molecular flexibility index (Phi) is 9.25. The molecular weight excluding hydrogens is 471 g/mol. The molecule has 36 heavy (non-hydrogen) atoms. The number of ketones is 1. The zero-order valence-corrected chi connectivity index (χ0v) is 22.0. The Morgan fingerprint density at radius 1 is 0.944 bits per heavy atom. The van der Waals surface area contributed by atoms with E-state index in [2.05, 4.69) is 35.0 Å². The number of para-hydroxylation sites is 1. The Labute approximate surface area is 221 Å². The normalized spacial score (nSPS) is 21.7. The van der Waals surface area contributed by atoms with E-state index < -0.39 is 0 Å². The predicted molar refractivity (Wildman–Crippen MR) is 148 cm³/mol. The van der Waals surface area contributed by atoms with Gasteiger partial charge < -0.3 is 10.3 Å². The fraction of sp³-hybridized carbons (Fsp3) is 0.516. The van der Waals surface area contributed by atoms with Crippen LogP contribution in [0.25, 0.3) is 10.9 Å². The highest BCUT2D eigenvalue weighted by Gasteiger charge is 2.27. The summed E-state index contributed by atoms with van der Waals surface area (Å²) >= 11 is 0. The number of halogens is 2. The van der Waals surface area contributed by atoms with Crippen LogP contribution in [-0.2, 0) is 11.3 Å². The van der Waals surface area contributed by atoms with Gasteiger partial charge in [0.05, 0.1) is 0 Å². The van der Waals surface area contributed by atoms with Gasteiger partial charge in [-0.15, -0.1) is 12.4 Å². The van der Waals surface area contributed by atoms with Gasteiger partial charge in [0.25, 0.3) is 0 Å². The minimum atomic E-state index is -0.243. The topological polar surface area (TPSA) is 48.0 Å². The van der Waals surface area contributed by atoms with Crippen LogP contribution in [0, 0.1) is 17.7 Å². The Morgan fingerprint density at radius 3 is 2.44 bits per heavy atom. The van der Waals surface area contributed by atoms with E-state index in [-0.39, 0.29) is 36.0 Å². The van der Waals surface area contributed by atoms with Crippen LogP contribution in [0.5, 0.6) is 0 Å². The number of carbonyl (C=O) groups excluding carboxylic acids is 1. The number of rotatable bonds is 8. The zero-order valence-electron chi connectivity index (χ0n) is 21.2. The summed E-state index contributed by atoms with van der Waals surface area (Å²) in [4.78, 5) is 13.4. The first-order valence-electron chi connectivity index (χ1n) is 13.7. The highest BCUT2D eigenvalue weighted by Crippen LogP contribution is 2.37. The Hall–Kier alpha value is -2.17. The Bertz CT molecular complexity index is 1140. The molecule has 1 atom stereocenters. The van der Waals surface area contributed by atoms with Gasteiger partial charge in [-0.1, -0.05) is 49.6 Å². The number of hydrogen-bond donors (Lipinski definition) is 1. The van der Waals surface area contributed by atoms with Gasteiger partial charge in [0.1, 0.15) is 11.6 Å². The Morgan fingerprint density at radius 2 is 1.69 bits per heavy atom. The van der Waals surface area contributed by atoms with Crippen LogP contribution < -0.4 is 5.73 Å². The molecule has 2 aliphatic rings. The number of carbonyl (C=O) groups is 1. The maximum Gasteiger partial charge on any atom is 0.134 e. The number of benzene rings is 2. The van der Waals surface area contributed by atoms with E-state index in [4.69, 9.17) is 5.73 Å². The van der Waals surface area contributed by atoms with Crippen LogP contribution in [0.2, 0.25) is 0 Å². The molecule has 2 aliphatic carbocycles. The van der Waals surface area contributed by atoms with Gasteiger partial charge in [0.2, 0.25) is 0 Å². The van der Waals surface area contributed by atoms with E-state index in [1.165, 1.54) is 49.1 Å². The van der Waals surface area contributed by atoms with Crippen molar-refractivity contribution in [3.8, 4) is 0 Å². The third-order valence-electron chi connectivity index (χ3n) is 8.47. The van der Waals surface area contributed by atoms with E-state index in [1.807, 2.05) is 6.07 Å². The van der Waals surface area contributed by atoms with Crippen molar-refractivity contribution in [1.82, 2.24) is 4.57 Å². The van der Waals surface area contributed by atoms with Gasteiger partial charge in [-0.05, 0) is 79.7 Å². The first kappa shape index (κ1) is 26.9. The molecule has 1 heterocycles. The van der Waals surface area contributed by atoms with Crippen molar-refractivity contribution in [3.63, 3.8) is 0 Å². The molecule has 5 rings (SSSR count). The molecule has 5 heteroatoms. The van der Waals surface area contributed by atoms with Crippen molar-refractivity contribution in [1.29, 1.82) is 0 Å². The van der Waals surface area contributed by atoms with Crippen molar-refractivity contribution in [2.45, 2.75) is 89.1 Å². The average molecular weight is 511 g/mol. The SMILES string of the molecule is Cl.NC1CCC(CC(=O)CC(c2cccc(F)c2)c2cn(CC3CCCCC3)c3ccccc23)CC1. The number of nitrogens with zero attached hydrogens (tertiary/aromatic N) is 1. The Balaban J connectivity index is 0.00000304.